The van der Waals surface area contributed by atoms with Gasteiger partial charge in [0, 0.05) is 0 Å². The number of benzene rings is 2. The molecule has 0 saturated carbocycles. The lowest BCUT2D eigenvalue weighted by Crippen LogP contribution is -2.07. The van der Waals surface area contributed by atoms with E-state index in [0.717, 1.165) is 12.1 Å². The Hall–Kier alpha value is -3.07. The monoisotopic (exact) mass is 334 g/mol. The number of hydrogen-bond donors (Lipinski definition) is 2. The Bertz CT molecular complexity index is 891. The normalized spacial score (nSPS) is 11.5. The Balaban J connectivity index is 2.39. The molecule has 0 aliphatic heterocycles. The van der Waals surface area contributed by atoms with Gasteiger partial charge in [0.25, 0.3) is 10.0 Å². The van der Waals surface area contributed by atoms with Gasteiger partial charge in [0.05, 0.1) is 21.7 Å². The Labute approximate surface area is 130 Å². The Morgan fingerprint density at radius 2 is 1.48 bits per heavy atom. The highest BCUT2D eigenvalue weighted by Gasteiger charge is 2.17. The highest BCUT2D eigenvalue weighted by atomic mass is 32.2. The van der Waals surface area contributed by atoms with Gasteiger partial charge in [-0.15, -0.1) is 5.11 Å². The molecule has 2 aromatic carbocycles. The number of hydrogen-bond acceptors (Lipinski definition) is 5. The van der Waals surface area contributed by atoms with Crippen molar-refractivity contribution in [2.45, 2.75) is 4.90 Å². The van der Waals surface area contributed by atoms with Crippen LogP contribution in [-0.4, -0.2) is 30.6 Å². The van der Waals surface area contributed by atoms with Gasteiger partial charge in [-0.05, 0) is 30.3 Å². The molecule has 0 unspecified atom stereocenters. The molecule has 2 N–H and O–H groups in total. The first-order valence-corrected chi connectivity index (χ1v) is 7.59. The number of rotatable bonds is 5. The summed E-state index contributed by atoms with van der Waals surface area (Å²) in [5, 5.41) is 21.4. The first-order chi connectivity index (χ1) is 10.8. The summed E-state index contributed by atoms with van der Waals surface area (Å²) in [7, 11) is -4.02. The molecule has 2 aromatic rings. The third-order valence-electron chi connectivity index (χ3n) is 2.77. The number of carboxylic acids is 2. The van der Waals surface area contributed by atoms with Crippen LogP contribution in [0.2, 0.25) is 0 Å². The Morgan fingerprint density at radius 3 is 2.04 bits per heavy atom. The second-order valence-corrected chi connectivity index (χ2v) is 5.89. The first kappa shape index (κ1) is 16.3. The van der Waals surface area contributed by atoms with E-state index in [1.807, 2.05) is 0 Å². The SMILES string of the molecule is O=C(O)c1ccc(N=NS(=O)(=O)c2ccccc2)cc1C(=O)O. The van der Waals surface area contributed by atoms with E-state index in [1.54, 1.807) is 6.07 Å². The van der Waals surface area contributed by atoms with Crippen molar-refractivity contribution in [3.8, 4) is 0 Å². The zero-order chi connectivity index (χ0) is 17.0. The van der Waals surface area contributed by atoms with Crippen LogP contribution in [0.1, 0.15) is 20.7 Å². The van der Waals surface area contributed by atoms with Crippen LogP contribution in [0.5, 0.6) is 0 Å². The molecule has 0 fully saturated rings. The molecule has 0 saturated heterocycles. The van der Waals surface area contributed by atoms with E-state index in [9.17, 15) is 18.0 Å². The van der Waals surface area contributed by atoms with Gasteiger partial charge in [-0.1, -0.05) is 22.7 Å². The number of carboxylic acid groups (broad SMARTS) is 2. The predicted octanol–water partition coefficient (Wildman–Crippen LogP) is 2.56. The molecule has 0 aliphatic carbocycles. The molecule has 0 amide bonds. The minimum atomic E-state index is -4.02. The summed E-state index contributed by atoms with van der Waals surface area (Å²) in [5.74, 6) is -2.88. The summed E-state index contributed by atoms with van der Waals surface area (Å²) in [6, 6.07) is 10.5. The van der Waals surface area contributed by atoms with Gasteiger partial charge < -0.3 is 10.2 Å². The lowest BCUT2D eigenvalue weighted by molar-refractivity contribution is 0.0651. The highest BCUT2D eigenvalue weighted by Crippen LogP contribution is 2.21. The Kier molecular flexibility index (Phi) is 4.51. The summed E-state index contributed by atoms with van der Waals surface area (Å²) >= 11 is 0. The lowest BCUT2D eigenvalue weighted by Gasteiger charge is -2.02. The summed E-state index contributed by atoms with van der Waals surface area (Å²) in [6.45, 7) is 0. The third kappa shape index (κ3) is 3.77. The van der Waals surface area contributed by atoms with Gasteiger partial charge >= 0.3 is 11.9 Å². The van der Waals surface area contributed by atoms with Crippen molar-refractivity contribution >= 4 is 27.6 Å². The molecule has 8 nitrogen and oxygen atoms in total. The standard InChI is InChI=1S/C14H10N2O6S/c17-13(18)11-7-6-9(8-12(11)14(19)20)15-16-23(21,22)10-4-2-1-3-5-10/h1-8H,(H,17,18)(H,19,20). The van der Waals surface area contributed by atoms with Crippen LogP contribution in [0, 0.1) is 0 Å². The molecule has 0 aromatic heterocycles. The van der Waals surface area contributed by atoms with Crippen LogP contribution in [0.15, 0.2) is 63.1 Å². The molecule has 0 atom stereocenters. The van der Waals surface area contributed by atoms with E-state index in [4.69, 9.17) is 10.2 Å². The van der Waals surface area contributed by atoms with Crippen molar-refractivity contribution in [2.75, 3.05) is 0 Å². The van der Waals surface area contributed by atoms with Gasteiger partial charge in [-0.3, -0.25) is 0 Å². The van der Waals surface area contributed by atoms with Gasteiger partial charge in [0.2, 0.25) is 0 Å². The van der Waals surface area contributed by atoms with Gasteiger partial charge in [0.15, 0.2) is 0 Å². The first-order valence-electron chi connectivity index (χ1n) is 6.15. The van der Waals surface area contributed by atoms with E-state index in [-0.39, 0.29) is 10.6 Å². The Morgan fingerprint density at radius 1 is 0.870 bits per heavy atom. The second kappa shape index (κ2) is 6.36. The van der Waals surface area contributed by atoms with E-state index >= 15 is 0 Å². The van der Waals surface area contributed by atoms with E-state index in [2.05, 4.69) is 9.63 Å². The summed E-state index contributed by atoms with van der Waals surface area (Å²) in [5.41, 5.74) is -1.03. The molecule has 118 valence electrons. The van der Waals surface area contributed by atoms with Crippen LogP contribution in [-0.2, 0) is 10.0 Å². The number of sulfonamides is 1. The van der Waals surface area contributed by atoms with E-state index in [0.29, 0.717) is 0 Å². The summed E-state index contributed by atoms with van der Waals surface area (Å²) < 4.78 is 27.1. The van der Waals surface area contributed by atoms with Gasteiger partial charge in [-0.2, -0.15) is 8.42 Å². The van der Waals surface area contributed by atoms with Crippen molar-refractivity contribution < 1.29 is 28.2 Å². The zero-order valence-corrected chi connectivity index (χ0v) is 12.3. The summed E-state index contributed by atoms with van der Waals surface area (Å²) in [4.78, 5) is 21.9. The minimum absolute atomic E-state index is 0.0654. The molecule has 0 spiro atoms. The maximum absolute atomic E-state index is 11.9. The van der Waals surface area contributed by atoms with Gasteiger partial charge in [-0.25, -0.2) is 9.59 Å². The smallest absolute Gasteiger partial charge is 0.336 e. The largest absolute Gasteiger partial charge is 0.478 e. The van der Waals surface area contributed by atoms with E-state index in [1.165, 1.54) is 30.3 Å². The topological polar surface area (TPSA) is 133 Å². The molecular weight excluding hydrogens is 324 g/mol. The molecule has 23 heavy (non-hydrogen) atoms. The van der Waals surface area contributed by atoms with E-state index < -0.39 is 33.1 Å². The van der Waals surface area contributed by atoms with Crippen molar-refractivity contribution in [1.82, 2.24) is 0 Å². The van der Waals surface area contributed by atoms with Crippen LogP contribution in [0.25, 0.3) is 0 Å². The van der Waals surface area contributed by atoms with Crippen LogP contribution < -0.4 is 0 Å². The minimum Gasteiger partial charge on any atom is -0.478 e. The molecule has 0 aliphatic rings. The van der Waals surface area contributed by atoms with Crippen LogP contribution >= 0.6 is 0 Å². The molecule has 0 radical (unpaired) electrons. The molecule has 9 heteroatoms. The average molecular weight is 334 g/mol. The maximum Gasteiger partial charge on any atom is 0.336 e. The van der Waals surface area contributed by atoms with Crippen molar-refractivity contribution in [3.05, 3.63) is 59.7 Å². The molecule has 0 bridgehead atoms. The molecule has 0 heterocycles. The maximum atomic E-state index is 11.9. The predicted molar refractivity (Wildman–Crippen MR) is 78.5 cm³/mol. The van der Waals surface area contributed by atoms with Crippen molar-refractivity contribution in [1.29, 1.82) is 0 Å². The number of aromatic carboxylic acids is 2. The molecule has 2 rings (SSSR count). The second-order valence-electron chi connectivity index (χ2n) is 4.31. The fraction of sp³-hybridized carbons (Fsp3) is 0. The quantitative estimate of drug-likeness (QED) is 0.807. The fourth-order valence-corrected chi connectivity index (χ4v) is 2.50. The van der Waals surface area contributed by atoms with Crippen LogP contribution in [0.4, 0.5) is 5.69 Å². The zero-order valence-electron chi connectivity index (χ0n) is 11.4. The van der Waals surface area contributed by atoms with Crippen molar-refractivity contribution in [2.24, 2.45) is 9.63 Å². The number of nitrogens with zero attached hydrogens (tertiary/aromatic N) is 2. The molecular formula is C14H10N2O6S. The fourth-order valence-electron chi connectivity index (χ4n) is 1.70. The number of carbonyl (C=O) groups is 2. The third-order valence-corrected chi connectivity index (χ3v) is 3.93. The van der Waals surface area contributed by atoms with Crippen molar-refractivity contribution in [3.63, 3.8) is 0 Å². The summed E-state index contributed by atoms with van der Waals surface area (Å²) in [6.07, 6.45) is 0. The van der Waals surface area contributed by atoms with Crippen LogP contribution in [0.3, 0.4) is 0 Å². The lowest BCUT2D eigenvalue weighted by atomic mass is 10.1. The van der Waals surface area contributed by atoms with Gasteiger partial charge in [0.1, 0.15) is 0 Å². The average Bonchev–Trinajstić information content (AvgIpc) is 2.53. The highest BCUT2D eigenvalue weighted by molar-refractivity contribution is 7.90.